The number of amides is 1. The third kappa shape index (κ3) is 4.32. The maximum atomic E-state index is 12.3. The Labute approximate surface area is 145 Å². The van der Waals surface area contributed by atoms with Gasteiger partial charge in [0.25, 0.3) is 0 Å². The van der Waals surface area contributed by atoms with Gasteiger partial charge in [0.05, 0.1) is 17.3 Å². The molecule has 22 heavy (non-hydrogen) atoms. The molecule has 122 valence electrons. The summed E-state index contributed by atoms with van der Waals surface area (Å²) in [5, 5.41) is 6.22. The lowest BCUT2D eigenvalue weighted by atomic mass is 10.1. The van der Waals surface area contributed by atoms with E-state index < -0.39 is 0 Å². The number of morpholine rings is 1. The van der Waals surface area contributed by atoms with Crippen molar-refractivity contribution in [1.29, 1.82) is 0 Å². The van der Waals surface area contributed by atoms with E-state index >= 15 is 0 Å². The van der Waals surface area contributed by atoms with E-state index in [9.17, 15) is 4.79 Å². The highest BCUT2D eigenvalue weighted by Crippen LogP contribution is 2.45. The van der Waals surface area contributed by atoms with E-state index in [0.717, 1.165) is 12.2 Å². The van der Waals surface area contributed by atoms with Gasteiger partial charge in [0, 0.05) is 23.7 Å². The van der Waals surface area contributed by atoms with Crippen molar-refractivity contribution in [2.24, 2.45) is 0 Å². The maximum absolute atomic E-state index is 12.3. The van der Waals surface area contributed by atoms with Crippen LogP contribution >= 0.6 is 35.9 Å². The molecule has 2 atom stereocenters. The van der Waals surface area contributed by atoms with E-state index in [-0.39, 0.29) is 30.5 Å². The van der Waals surface area contributed by atoms with Gasteiger partial charge < -0.3 is 15.4 Å². The first-order valence-electron chi connectivity index (χ1n) is 7.23. The van der Waals surface area contributed by atoms with Gasteiger partial charge in [-0.1, -0.05) is 12.1 Å². The second-order valence-corrected chi connectivity index (χ2v) is 7.92. The molecule has 2 aliphatic rings. The largest absolute Gasteiger partial charge is 0.375 e. The minimum absolute atomic E-state index is 0. The normalized spacial score (nSPS) is 25.5. The van der Waals surface area contributed by atoms with Crippen LogP contribution in [0.15, 0.2) is 24.3 Å². The molecule has 0 aliphatic carbocycles. The molecule has 1 aromatic carbocycles. The number of carbonyl (C=O) groups is 1. The van der Waals surface area contributed by atoms with E-state index in [1.165, 1.54) is 17.1 Å². The van der Waals surface area contributed by atoms with Crippen molar-refractivity contribution in [1.82, 2.24) is 5.32 Å². The highest BCUT2D eigenvalue weighted by Gasteiger charge is 2.28. The molecule has 0 unspecified atom stereocenters. The number of ether oxygens (including phenoxy) is 1. The van der Waals surface area contributed by atoms with Crippen LogP contribution in [0.4, 0.5) is 5.69 Å². The van der Waals surface area contributed by atoms with Gasteiger partial charge in [-0.05, 0) is 24.6 Å². The lowest BCUT2D eigenvalue weighted by molar-refractivity contribution is -0.123. The van der Waals surface area contributed by atoms with Gasteiger partial charge in [-0.2, -0.15) is 0 Å². The first kappa shape index (κ1) is 17.9. The molecule has 2 N–H and O–H groups in total. The van der Waals surface area contributed by atoms with Gasteiger partial charge in [0.1, 0.15) is 6.04 Å². The van der Waals surface area contributed by atoms with Crippen molar-refractivity contribution in [2.45, 2.75) is 23.7 Å². The number of hydrogen-bond acceptors (Lipinski definition) is 5. The average Bonchev–Trinajstić information content (AvgIpc) is 3.02. The predicted octanol–water partition coefficient (Wildman–Crippen LogP) is 2.90. The third-order valence-electron chi connectivity index (χ3n) is 3.65. The summed E-state index contributed by atoms with van der Waals surface area (Å²) >= 11 is 3.94. The molecule has 0 aromatic heterocycles. The number of benzene rings is 1. The highest BCUT2D eigenvalue weighted by molar-refractivity contribution is 8.19. The van der Waals surface area contributed by atoms with Crippen LogP contribution in [0.2, 0.25) is 0 Å². The Morgan fingerprint density at radius 3 is 2.86 bits per heavy atom. The number of rotatable bonds is 3. The van der Waals surface area contributed by atoms with E-state index in [0.29, 0.717) is 11.2 Å². The summed E-state index contributed by atoms with van der Waals surface area (Å²) in [7, 11) is 0. The Morgan fingerprint density at radius 1 is 1.36 bits per heavy atom. The topological polar surface area (TPSA) is 50.4 Å². The molecule has 0 radical (unpaired) electrons. The van der Waals surface area contributed by atoms with Gasteiger partial charge >= 0.3 is 0 Å². The Kier molecular flexibility index (Phi) is 6.89. The minimum Gasteiger partial charge on any atom is -0.375 e. The van der Waals surface area contributed by atoms with E-state index in [1.807, 2.05) is 42.6 Å². The van der Waals surface area contributed by atoms with Crippen molar-refractivity contribution in [3.63, 3.8) is 0 Å². The van der Waals surface area contributed by atoms with Crippen LogP contribution in [0.1, 0.15) is 17.1 Å². The van der Waals surface area contributed by atoms with Crippen LogP contribution < -0.4 is 10.6 Å². The second-order valence-electron chi connectivity index (χ2n) is 5.20. The molecule has 0 spiro atoms. The zero-order chi connectivity index (χ0) is 14.7. The van der Waals surface area contributed by atoms with E-state index in [4.69, 9.17) is 4.74 Å². The smallest absolute Gasteiger partial charge is 0.244 e. The minimum atomic E-state index is -0.280. The summed E-state index contributed by atoms with van der Waals surface area (Å²) in [4.78, 5) is 12.3. The second kappa shape index (κ2) is 8.45. The molecule has 1 amide bonds. The molecule has 3 rings (SSSR count). The number of nitrogens with one attached hydrogen (secondary N) is 2. The Balaban J connectivity index is 0.00000176. The van der Waals surface area contributed by atoms with E-state index in [2.05, 4.69) is 22.8 Å². The Morgan fingerprint density at radius 2 is 2.14 bits per heavy atom. The zero-order valence-electron chi connectivity index (χ0n) is 12.4. The zero-order valence-corrected chi connectivity index (χ0v) is 14.9. The fraction of sp³-hybridized carbons (Fsp3) is 0.533. The fourth-order valence-corrected chi connectivity index (χ4v) is 5.40. The first-order valence-corrected chi connectivity index (χ1v) is 9.33. The molecule has 1 aromatic rings. The summed E-state index contributed by atoms with van der Waals surface area (Å²) in [5.41, 5.74) is 2.14. The van der Waals surface area contributed by atoms with Gasteiger partial charge in [-0.3, -0.25) is 4.79 Å². The molecular formula is C15H21ClN2O2S2. The lowest BCUT2D eigenvalue weighted by Crippen LogP contribution is -2.53. The first-order chi connectivity index (χ1) is 10.2. The maximum Gasteiger partial charge on any atom is 0.244 e. The Bertz CT molecular complexity index is 512. The van der Waals surface area contributed by atoms with Crippen molar-refractivity contribution in [2.75, 3.05) is 30.0 Å². The molecule has 0 saturated carbocycles. The van der Waals surface area contributed by atoms with Crippen molar-refractivity contribution in [3.8, 4) is 0 Å². The molecule has 0 bridgehead atoms. The SMILES string of the molecule is C[C@H]1OCCN[C@@H]1C(=O)Nc1cccc(C2SCCS2)c1.Cl. The van der Waals surface area contributed by atoms with Crippen molar-refractivity contribution < 1.29 is 9.53 Å². The average molecular weight is 361 g/mol. The highest BCUT2D eigenvalue weighted by atomic mass is 35.5. The van der Waals surface area contributed by atoms with Crippen molar-refractivity contribution >= 4 is 47.5 Å². The molecular weight excluding hydrogens is 340 g/mol. The fourth-order valence-electron chi connectivity index (χ4n) is 2.56. The van der Waals surface area contributed by atoms with Crippen LogP contribution in [0, 0.1) is 0 Å². The molecule has 2 saturated heterocycles. The quantitative estimate of drug-likeness (QED) is 0.868. The predicted molar refractivity (Wildman–Crippen MR) is 97.2 cm³/mol. The lowest BCUT2D eigenvalue weighted by Gasteiger charge is -2.29. The van der Waals surface area contributed by atoms with Crippen LogP contribution in [-0.4, -0.2) is 42.7 Å². The van der Waals surface area contributed by atoms with Gasteiger partial charge in [-0.15, -0.1) is 35.9 Å². The van der Waals surface area contributed by atoms with Gasteiger partial charge in [-0.25, -0.2) is 0 Å². The van der Waals surface area contributed by atoms with Crippen LogP contribution in [0.5, 0.6) is 0 Å². The van der Waals surface area contributed by atoms with Gasteiger partial charge in [0.15, 0.2) is 0 Å². The standard InChI is InChI=1S/C15H20N2O2S2.ClH/c1-10-13(16-5-6-19-10)14(18)17-12-4-2-3-11(9-12)15-20-7-8-21-15;/h2-4,9-10,13,15-16H,5-8H2,1H3,(H,17,18);1H/t10-,13+;/m1./s1. The van der Waals surface area contributed by atoms with Crippen LogP contribution in [-0.2, 0) is 9.53 Å². The Hall–Kier alpha value is -0.400. The monoisotopic (exact) mass is 360 g/mol. The number of thioether (sulfide) groups is 2. The summed E-state index contributed by atoms with van der Waals surface area (Å²) in [6, 6.07) is 7.90. The van der Waals surface area contributed by atoms with Crippen molar-refractivity contribution in [3.05, 3.63) is 29.8 Å². The van der Waals surface area contributed by atoms with Crippen LogP contribution in [0.25, 0.3) is 0 Å². The molecule has 4 nitrogen and oxygen atoms in total. The molecule has 2 heterocycles. The molecule has 7 heteroatoms. The summed E-state index contributed by atoms with van der Waals surface area (Å²) in [6.45, 7) is 3.31. The number of halogens is 1. The molecule has 2 aliphatic heterocycles. The molecule has 2 fully saturated rings. The summed E-state index contributed by atoms with van der Waals surface area (Å²) < 4.78 is 6.02. The summed E-state index contributed by atoms with van der Waals surface area (Å²) in [5.74, 6) is 2.38. The number of hydrogen-bond donors (Lipinski definition) is 2. The number of anilines is 1. The summed E-state index contributed by atoms with van der Waals surface area (Å²) in [6.07, 6.45) is -0.0946. The van der Waals surface area contributed by atoms with Gasteiger partial charge in [0.2, 0.25) is 5.91 Å². The van der Waals surface area contributed by atoms with E-state index in [1.54, 1.807) is 0 Å². The third-order valence-corrected chi connectivity index (χ3v) is 6.75. The number of carbonyl (C=O) groups excluding carboxylic acids is 1. The van der Waals surface area contributed by atoms with Crippen LogP contribution in [0.3, 0.4) is 0 Å².